The second-order valence-electron chi connectivity index (χ2n) is 4.77. The van der Waals surface area contributed by atoms with E-state index in [4.69, 9.17) is 20.6 Å². The van der Waals surface area contributed by atoms with Crippen molar-refractivity contribution in [2.24, 2.45) is 5.41 Å². The SMILES string of the molecule is CC1(C)COP(=O)(O)O[C@@H]1c1cccc(Cl)c1. The lowest BCUT2D eigenvalue weighted by atomic mass is 9.83. The van der Waals surface area contributed by atoms with E-state index in [-0.39, 0.29) is 12.0 Å². The molecule has 0 spiro atoms. The Morgan fingerprint density at radius 3 is 2.88 bits per heavy atom. The molecule has 1 N–H and O–H groups in total. The van der Waals surface area contributed by atoms with Gasteiger partial charge in [0.2, 0.25) is 0 Å². The first-order valence-electron chi connectivity index (χ1n) is 5.21. The molecule has 0 saturated carbocycles. The lowest BCUT2D eigenvalue weighted by molar-refractivity contribution is -0.0472. The van der Waals surface area contributed by atoms with Gasteiger partial charge in [-0.15, -0.1) is 0 Å². The van der Waals surface area contributed by atoms with Crippen LogP contribution in [0.25, 0.3) is 0 Å². The molecule has 4 nitrogen and oxygen atoms in total. The Morgan fingerprint density at radius 2 is 2.24 bits per heavy atom. The summed E-state index contributed by atoms with van der Waals surface area (Å²) in [5, 5.41) is 0.571. The minimum Gasteiger partial charge on any atom is -0.302 e. The number of rotatable bonds is 1. The second kappa shape index (κ2) is 4.38. The summed E-state index contributed by atoms with van der Waals surface area (Å²) >= 11 is 5.91. The molecule has 0 amide bonds. The van der Waals surface area contributed by atoms with Crippen molar-refractivity contribution < 1.29 is 18.5 Å². The summed E-state index contributed by atoms with van der Waals surface area (Å²) in [6.07, 6.45) is -0.509. The summed E-state index contributed by atoms with van der Waals surface area (Å²) in [5.41, 5.74) is 0.390. The van der Waals surface area contributed by atoms with Crippen LogP contribution < -0.4 is 0 Å². The van der Waals surface area contributed by atoms with Gasteiger partial charge in [0, 0.05) is 10.4 Å². The molecule has 0 bridgehead atoms. The molecular formula is C11H14ClO4P. The van der Waals surface area contributed by atoms with Crippen molar-refractivity contribution in [1.29, 1.82) is 0 Å². The van der Waals surface area contributed by atoms with Crippen LogP contribution in [0.15, 0.2) is 24.3 Å². The maximum absolute atomic E-state index is 11.5. The Kier molecular flexibility index (Phi) is 3.36. The van der Waals surface area contributed by atoms with Crippen LogP contribution >= 0.6 is 19.4 Å². The molecule has 1 aliphatic rings. The lowest BCUT2D eigenvalue weighted by Crippen LogP contribution is -2.33. The summed E-state index contributed by atoms with van der Waals surface area (Å²) < 4.78 is 21.4. The molecule has 1 saturated heterocycles. The van der Waals surface area contributed by atoms with Gasteiger partial charge in [-0.3, -0.25) is 9.05 Å². The monoisotopic (exact) mass is 276 g/mol. The van der Waals surface area contributed by atoms with Crippen molar-refractivity contribution in [3.63, 3.8) is 0 Å². The van der Waals surface area contributed by atoms with Crippen molar-refractivity contribution in [2.75, 3.05) is 6.61 Å². The standard InChI is InChI=1S/C11H14ClO4P/c1-11(2)7-15-17(13,14)16-10(11)8-4-3-5-9(12)6-8/h3-6,10H,7H2,1-2H3,(H,13,14)/t10-/m1/s1. The van der Waals surface area contributed by atoms with E-state index in [9.17, 15) is 9.46 Å². The van der Waals surface area contributed by atoms with E-state index in [1.54, 1.807) is 18.2 Å². The van der Waals surface area contributed by atoms with E-state index in [0.29, 0.717) is 5.02 Å². The minimum absolute atomic E-state index is 0.165. The predicted molar refractivity (Wildman–Crippen MR) is 64.8 cm³/mol. The summed E-state index contributed by atoms with van der Waals surface area (Å²) in [7, 11) is -3.95. The largest absolute Gasteiger partial charge is 0.472 e. The fourth-order valence-electron chi connectivity index (χ4n) is 1.81. The van der Waals surface area contributed by atoms with Gasteiger partial charge in [-0.2, -0.15) is 0 Å². The summed E-state index contributed by atoms with van der Waals surface area (Å²) in [5.74, 6) is 0. The molecule has 2 atom stereocenters. The minimum atomic E-state index is -3.95. The molecular weight excluding hydrogens is 263 g/mol. The Labute approximate surface area is 105 Å². The van der Waals surface area contributed by atoms with Gasteiger partial charge in [-0.1, -0.05) is 37.6 Å². The lowest BCUT2D eigenvalue weighted by Gasteiger charge is -2.39. The fraction of sp³-hybridized carbons (Fsp3) is 0.455. The second-order valence-corrected chi connectivity index (χ2v) is 6.61. The van der Waals surface area contributed by atoms with Crippen molar-refractivity contribution in [2.45, 2.75) is 20.0 Å². The highest BCUT2D eigenvalue weighted by molar-refractivity contribution is 7.47. The molecule has 6 heteroatoms. The van der Waals surface area contributed by atoms with Gasteiger partial charge in [0.15, 0.2) is 0 Å². The molecule has 0 radical (unpaired) electrons. The molecule has 1 aromatic rings. The van der Waals surface area contributed by atoms with Gasteiger partial charge in [0.05, 0.1) is 6.61 Å². The Morgan fingerprint density at radius 1 is 1.53 bits per heavy atom. The van der Waals surface area contributed by atoms with Crippen LogP contribution in [0.1, 0.15) is 25.5 Å². The Balaban J connectivity index is 2.37. The van der Waals surface area contributed by atoms with Gasteiger partial charge in [-0.05, 0) is 17.7 Å². The molecule has 1 fully saturated rings. The number of phosphoric ester groups is 1. The van der Waals surface area contributed by atoms with Crippen molar-refractivity contribution >= 4 is 19.4 Å². The molecule has 94 valence electrons. The Bertz CT molecular complexity index is 474. The van der Waals surface area contributed by atoms with Crippen LogP contribution in [0, 0.1) is 5.41 Å². The van der Waals surface area contributed by atoms with E-state index in [0.717, 1.165) is 5.56 Å². The van der Waals surface area contributed by atoms with E-state index in [2.05, 4.69) is 0 Å². The summed E-state index contributed by atoms with van der Waals surface area (Å²) in [4.78, 5) is 9.39. The Hall–Kier alpha value is -0.380. The molecule has 2 rings (SSSR count). The molecule has 1 heterocycles. The van der Waals surface area contributed by atoms with Gasteiger partial charge < -0.3 is 4.89 Å². The summed E-state index contributed by atoms with van der Waals surface area (Å²) in [6, 6.07) is 7.09. The smallest absolute Gasteiger partial charge is 0.302 e. The zero-order chi connectivity index (χ0) is 12.7. The third-order valence-electron chi connectivity index (χ3n) is 2.70. The molecule has 1 aromatic carbocycles. The highest BCUT2D eigenvalue weighted by Gasteiger charge is 2.44. The van der Waals surface area contributed by atoms with Crippen molar-refractivity contribution in [1.82, 2.24) is 0 Å². The van der Waals surface area contributed by atoms with Crippen LogP contribution in [0.2, 0.25) is 5.02 Å². The van der Waals surface area contributed by atoms with Gasteiger partial charge in [0.1, 0.15) is 6.10 Å². The van der Waals surface area contributed by atoms with Gasteiger partial charge >= 0.3 is 7.82 Å². The highest BCUT2D eigenvalue weighted by Crippen LogP contribution is 2.58. The zero-order valence-electron chi connectivity index (χ0n) is 9.59. The van der Waals surface area contributed by atoms with Gasteiger partial charge in [0.25, 0.3) is 0 Å². The third kappa shape index (κ3) is 2.90. The average molecular weight is 277 g/mol. The van der Waals surface area contributed by atoms with Crippen LogP contribution in [0.3, 0.4) is 0 Å². The maximum Gasteiger partial charge on any atom is 0.472 e. The van der Waals surface area contributed by atoms with Crippen LogP contribution in [-0.4, -0.2) is 11.5 Å². The molecule has 17 heavy (non-hydrogen) atoms. The predicted octanol–water partition coefficient (Wildman–Crippen LogP) is 3.55. The zero-order valence-corrected chi connectivity index (χ0v) is 11.2. The van der Waals surface area contributed by atoms with Gasteiger partial charge in [-0.25, -0.2) is 4.57 Å². The van der Waals surface area contributed by atoms with Crippen LogP contribution in [0.5, 0.6) is 0 Å². The molecule has 0 aliphatic carbocycles. The van der Waals surface area contributed by atoms with E-state index in [1.807, 2.05) is 19.9 Å². The van der Waals surface area contributed by atoms with Crippen molar-refractivity contribution in [3.05, 3.63) is 34.9 Å². The van der Waals surface area contributed by atoms with E-state index >= 15 is 0 Å². The van der Waals surface area contributed by atoms with Crippen molar-refractivity contribution in [3.8, 4) is 0 Å². The van der Waals surface area contributed by atoms with Crippen LogP contribution in [-0.2, 0) is 13.6 Å². The maximum atomic E-state index is 11.5. The topological polar surface area (TPSA) is 55.8 Å². The number of halogens is 1. The van der Waals surface area contributed by atoms with E-state index in [1.165, 1.54) is 0 Å². The number of phosphoric acid groups is 1. The normalized spacial score (nSPS) is 32.4. The average Bonchev–Trinajstić information content (AvgIpc) is 2.22. The first-order chi connectivity index (χ1) is 7.80. The third-order valence-corrected chi connectivity index (χ3v) is 3.87. The quantitative estimate of drug-likeness (QED) is 0.797. The summed E-state index contributed by atoms with van der Waals surface area (Å²) in [6.45, 7) is 3.99. The first kappa shape index (κ1) is 13.1. The number of hydrogen-bond acceptors (Lipinski definition) is 3. The molecule has 1 unspecified atom stereocenters. The first-order valence-corrected chi connectivity index (χ1v) is 7.09. The van der Waals surface area contributed by atoms with Crippen LogP contribution in [0.4, 0.5) is 0 Å². The molecule has 1 aliphatic heterocycles. The highest BCUT2D eigenvalue weighted by atomic mass is 35.5. The molecule has 0 aromatic heterocycles. The fourth-order valence-corrected chi connectivity index (χ4v) is 3.24. The number of benzene rings is 1. The van der Waals surface area contributed by atoms with E-state index < -0.39 is 13.9 Å². The number of hydrogen-bond donors (Lipinski definition) is 1.